The lowest BCUT2D eigenvalue weighted by atomic mass is 9.82. The molecule has 0 unspecified atom stereocenters. The number of fused-ring (bicyclic) bond motifs is 8. The van der Waals surface area contributed by atoms with Gasteiger partial charge in [-0.2, -0.15) is 0 Å². The first kappa shape index (κ1) is 25.8. The van der Waals surface area contributed by atoms with Gasteiger partial charge in [-0.3, -0.25) is 4.90 Å². The zero-order chi connectivity index (χ0) is 30.1. The van der Waals surface area contributed by atoms with Gasteiger partial charge in [-0.05, 0) is 69.1 Å². The molecule has 8 aromatic rings. The number of nitrogens with zero attached hydrogens (tertiary/aromatic N) is 2. The molecule has 214 valence electrons. The first-order valence-corrected chi connectivity index (χ1v) is 15.5. The Morgan fingerprint density at radius 1 is 0.556 bits per heavy atom. The minimum atomic E-state index is -0.0547. The summed E-state index contributed by atoms with van der Waals surface area (Å²) in [5, 5.41) is 4.38. The summed E-state index contributed by atoms with van der Waals surface area (Å²) in [6, 6.07) is 49.6. The Balaban J connectivity index is 1.23. The molecule has 6 aromatic carbocycles. The van der Waals surface area contributed by atoms with Crippen LogP contribution in [0.15, 0.2) is 150 Å². The summed E-state index contributed by atoms with van der Waals surface area (Å²) in [5.41, 5.74) is 11.4. The van der Waals surface area contributed by atoms with E-state index in [0.29, 0.717) is 0 Å². The molecule has 0 amide bonds. The van der Waals surface area contributed by atoms with Gasteiger partial charge in [0.25, 0.3) is 0 Å². The van der Waals surface area contributed by atoms with Crippen molar-refractivity contribution in [1.82, 2.24) is 4.98 Å². The summed E-state index contributed by atoms with van der Waals surface area (Å²) in [5.74, 6) is 0.809. The molecule has 2 aromatic heterocycles. The summed E-state index contributed by atoms with van der Waals surface area (Å²) < 4.78 is 6.59. The lowest BCUT2D eigenvalue weighted by Crippen LogP contribution is -2.15. The summed E-state index contributed by atoms with van der Waals surface area (Å²) in [6.07, 6.45) is 1.96. The van der Waals surface area contributed by atoms with Gasteiger partial charge in [-0.25, -0.2) is 4.98 Å². The summed E-state index contributed by atoms with van der Waals surface area (Å²) in [7, 11) is 0. The molecular weight excluding hydrogens is 548 g/mol. The number of benzene rings is 6. The van der Waals surface area contributed by atoms with Gasteiger partial charge in [-0.1, -0.05) is 117 Å². The fourth-order valence-electron chi connectivity index (χ4n) is 7.20. The summed E-state index contributed by atoms with van der Waals surface area (Å²) >= 11 is 0. The highest BCUT2D eigenvalue weighted by molar-refractivity contribution is 6.15. The molecule has 0 aliphatic heterocycles. The van der Waals surface area contributed by atoms with E-state index in [4.69, 9.17) is 9.40 Å². The van der Waals surface area contributed by atoms with Crippen LogP contribution in [0.4, 0.5) is 17.2 Å². The highest BCUT2D eigenvalue weighted by Crippen LogP contribution is 2.50. The Hall–Kier alpha value is -5.67. The molecular formula is C42H30N2O. The number of hydrogen-bond donors (Lipinski definition) is 0. The highest BCUT2D eigenvalue weighted by Gasteiger charge is 2.35. The van der Waals surface area contributed by atoms with Crippen molar-refractivity contribution < 1.29 is 4.42 Å². The van der Waals surface area contributed by atoms with Gasteiger partial charge in [0.1, 0.15) is 17.0 Å². The average Bonchev–Trinajstić information content (AvgIpc) is 3.58. The molecule has 0 atom stereocenters. The second-order valence-electron chi connectivity index (χ2n) is 12.5. The van der Waals surface area contributed by atoms with Gasteiger partial charge < -0.3 is 4.42 Å². The zero-order valence-corrected chi connectivity index (χ0v) is 25.2. The number of aromatic nitrogens is 1. The van der Waals surface area contributed by atoms with Crippen molar-refractivity contribution in [3.8, 4) is 22.3 Å². The van der Waals surface area contributed by atoms with E-state index in [9.17, 15) is 0 Å². The van der Waals surface area contributed by atoms with Crippen LogP contribution < -0.4 is 4.90 Å². The molecule has 9 rings (SSSR count). The van der Waals surface area contributed by atoms with E-state index in [1.165, 1.54) is 38.8 Å². The van der Waals surface area contributed by atoms with E-state index < -0.39 is 0 Å². The number of pyridine rings is 1. The zero-order valence-electron chi connectivity index (χ0n) is 25.2. The van der Waals surface area contributed by atoms with Crippen molar-refractivity contribution >= 4 is 49.9 Å². The normalized spacial score (nSPS) is 13.3. The van der Waals surface area contributed by atoms with Crippen molar-refractivity contribution in [2.75, 3.05) is 4.90 Å². The van der Waals surface area contributed by atoms with Gasteiger partial charge >= 0.3 is 0 Å². The van der Waals surface area contributed by atoms with Gasteiger partial charge in [0.15, 0.2) is 0 Å². The van der Waals surface area contributed by atoms with Gasteiger partial charge in [-0.15, -0.1) is 0 Å². The number of rotatable bonds is 4. The predicted molar refractivity (Wildman–Crippen MR) is 187 cm³/mol. The van der Waals surface area contributed by atoms with E-state index in [1.807, 2.05) is 6.20 Å². The molecule has 2 heterocycles. The SMILES string of the molecule is CC1(C)c2ccccc2-c2cc(N(c3ccc(-c4ccccc4)cc3)c3cc4oc5c6ccccc6ccc5c4cn3)ccc21. The monoisotopic (exact) mass is 578 g/mol. The van der Waals surface area contributed by atoms with Crippen LogP contribution in [0.5, 0.6) is 0 Å². The van der Waals surface area contributed by atoms with Crippen LogP contribution in [-0.4, -0.2) is 4.98 Å². The van der Waals surface area contributed by atoms with Gasteiger partial charge in [0.05, 0.1) is 0 Å². The van der Waals surface area contributed by atoms with E-state index in [1.54, 1.807) is 0 Å². The molecule has 3 heteroatoms. The average molecular weight is 579 g/mol. The van der Waals surface area contributed by atoms with Gasteiger partial charge in [0, 0.05) is 45.2 Å². The Morgan fingerprint density at radius 2 is 1.27 bits per heavy atom. The first-order chi connectivity index (χ1) is 22.1. The second-order valence-corrected chi connectivity index (χ2v) is 12.5. The molecule has 0 saturated carbocycles. The van der Waals surface area contributed by atoms with Crippen LogP contribution in [0.25, 0.3) is 55.0 Å². The Bertz CT molecular complexity index is 2400. The standard InChI is InChI=1S/C42H30N2O/c1-42(2)37-15-9-8-14-33(37)35-24-31(21-23-38(35)42)44(30-19-16-28(17-20-30)27-10-4-3-5-11-27)40-25-39-36(26-43-40)34-22-18-29-12-6-7-13-32(29)41(34)45-39/h3-26H,1-2H3. The van der Waals surface area contributed by atoms with E-state index >= 15 is 0 Å². The maximum atomic E-state index is 6.59. The van der Waals surface area contributed by atoms with E-state index in [-0.39, 0.29) is 5.41 Å². The fraction of sp³-hybridized carbons (Fsp3) is 0.0714. The van der Waals surface area contributed by atoms with E-state index in [2.05, 4.69) is 158 Å². The Kier molecular flexibility index (Phi) is 5.54. The minimum Gasteiger partial charge on any atom is -0.455 e. The molecule has 1 aliphatic rings. The smallest absolute Gasteiger partial charge is 0.143 e. The Morgan fingerprint density at radius 3 is 2.13 bits per heavy atom. The maximum Gasteiger partial charge on any atom is 0.143 e. The molecule has 0 radical (unpaired) electrons. The van der Waals surface area contributed by atoms with Crippen molar-refractivity contribution in [3.05, 3.63) is 157 Å². The number of hydrogen-bond acceptors (Lipinski definition) is 3. The fourth-order valence-corrected chi connectivity index (χ4v) is 7.20. The quantitative estimate of drug-likeness (QED) is 0.208. The van der Waals surface area contributed by atoms with Crippen LogP contribution in [0.1, 0.15) is 25.0 Å². The first-order valence-electron chi connectivity index (χ1n) is 15.5. The molecule has 0 fully saturated rings. The van der Waals surface area contributed by atoms with Crippen molar-refractivity contribution in [1.29, 1.82) is 0 Å². The third-order valence-corrected chi connectivity index (χ3v) is 9.52. The van der Waals surface area contributed by atoms with Crippen LogP contribution in [0.3, 0.4) is 0 Å². The molecule has 45 heavy (non-hydrogen) atoms. The third-order valence-electron chi connectivity index (χ3n) is 9.52. The molecule has 0 spiro atoms. The lowest BCUT2D eigenvalue weighted by molar-refractivity contribution is 0.660. The molecule has 0 N–H and O–H groups in total. The van der Waals surface area contributed by atoms with Gasteiger partial charge in [0.2, 0.25) is 0 Å². The topological polar surface area (TPSA) is 29.3 Å². The van der Waals surface area contributed by atoms with Crippen LogP contribution >= 0.6 is 0 Å². The highest BCUT2D eigenvalue weighted by atomic mass is 16.3. The van der Waals surface area contributed by atoms with Crippen LogP contribution in [-0.2, 0) is 5.41 Å². The number of furan rings is 1. The Labute approximate surface area is 262 Å². The van der Waals surface area contributed by atoms with Crippen LogP contribution in [0, 0.1) is 0 Å². The third kappa shape index (κ3) is 3.94. The molecule has 0 saturated heterocycles. The molecule has 0 bridgehead atoms. The second kappa shape index (κ2) is 9.67. The van der Waals surface area contributed by atoms with E-state index in [0.717, 1.165) is 44.5 Å². The summed E-state index contributed by atoms with van der Waals surface area (Å²) in [6.45, 7) is 4.64. The van der Waals surface area contributed by atoms with Crippen molar-refractivity contribution in [3.63, 3.8) is 0 Å². The summed E-state index contributed by atoms with van der Waals surface area (Å²) in [4.78, 5) is 7.32. The number of anilines is 3. The maximum absolute atomic E-state index is 6.59. The molecule has 3 nitrogen and oxygen atoms in total. The molecule has 1 aliphatic carbocycles. The largest absolute Gasteiger partial charge is 0.455 e. The lowest BCUT2D eigenvalue weighted by Gasteiger charge is -2.26. The minimum absolute atomic E-state index is 0.0547. The van der Waals surface area contributed by atoms with Crippen molar-refractivity contribution in [2.45, 2.75) is 19.3 Å². The predicted octanol–water partition coefficient (Wildman–Crippen LogP) is 11.6. The van der Waals surface area contributed by atoms with Crippen molar-refractivity contribution in [2.24, 2.45) is 0 Å². The van der Waals surface area contributed by atoms with Crippen LogP contribution in [0.2, 0.25) is 0 Å².